The molecule has 0 fully saturated rings. The summed E-state index contributed by atoms with van der Waals surface area (Å²) < 4.78 is 16.8. The standard InChI is InChI=1S/C67H116O6/c1-4-7-10-13-16-19-21-23-25-27-29-31-33-34-35-37-38-40-42-44-46-48-51-54-57-60-66(69)72-63-64(62-71-65(68)59-56-53-50-18-15-12-9-6-3)73-67(70)61-58-55-52-49-47-45-43-41-39-36-32-30-28-26-24-22-20-17-14-11-8-5-2/h7,10,16,19,23,25,29,31,34-35,38,40,44,46,64H,4-6,8-9,11-15,17-18,20-22,24,26-28,30,32-33,36-37,39,41-43,45,47-63H2,1-3H3/b10-7-,19-16-,25-23-,31-29-,35-34-,40-38-,46-44-. The molecule has 1 unspecified atom stereocenters. The lowest BCUT2D eigenvalue weighted by molar-refractivity contribution is -0.167. The van der Waals surface area contributed by atoms with Gasteiger partial charge in [0.1, 0.15) is 13.2 Å². The minimum absolute atomic E-state index is 0.0842. The topological polar surface area (TPSA) is 78.9 Å². The highest BCUT2D eigenvalue weighted by Gasteiger charge is 2.19. The largest absolute Gasteiger partial charge is 0.462 e. The smallest absolute Gasteiger partial charge is 0.306 e. The summed E-state index contributed by atoms with van der Waals surface area (Å²) in [5.74, 6) is -0.911. The van der Waals surface area contributed by atoms with Crippen molar-refractivity contribution in [3.63, 3.8) is 0 Å². The summed E-state index contributed by atoms with van der Waals surface area (Å²) >= 11 is 0. The van der Waals surface area contributed by atoms with Crippen LogP contribution in [-0.4, -0.2) is 37.2 Å². The monoisotopic (exact) mass is 1020 g/mol. The molecule has 0 aliphatic heterocycles. The summed E-state index contributed by atoms with van der Waals surface area (Å²) in [5.41, 5.74) is 0. The number of hydrogen-bond donors (Lipinski definition) is 0. The van der Waals surface area contributed by atoms with Crippen LogP contribution in [0.15, 0.2) is 85.1 Å². The molecule has 1 atom stereocenters. The number of ether oxygens (including phenoxy) is 3. The molecule has 0 rings (SSSR count). The first kappa shape index (κ1) is 69.6. The average molecular weight is 1020 g/mol. The van der Waals surface area contributed by atoms with Gasteiger partial charge in [0, 0.05) is 19.3 Å². The van der Waals surface area contributed by atoms with Crippen LogP contribution in [0.3, 0.4) is 0 Å². The molecule has 0 saturated carbocycles. The van der Waals surface area contributed by atoms with Crippen LogP contribution in [0.5, 0.6) is 0 Å². The quantitative estimate of drug-likeness (QED) is 0.0261. The maximum absolute atomic E-state index is 12.9. The number of carbonyl (C=O) groups is 3. The second-order valence-electron chi connectivity index (χ2n) is 20.6. The van der Waals surface area contributed by atoms with Crippen molar-refractivity contribution in [2.24, 2.45) is 0 Å². The lowest BCUT2D eigenvalue weighted by Crippen LogP contribution is -2.30. The Bertz CT molecular complexity index is 1400. The van der Waals surface area contributed by atoms with E-state index in [1.54, 1.807) is 0 Å². The van der Waals surface area contributed by atoms with Crippen LogP contribution >= 0.6 is 0 Å². The van der Waals surface area contributed by atoms with Gasteiger partial charge in [-0.15, -0.1) is 0 Å². The number of esters is 3. The van der Waals surface area contributed by atoms with Gasteiger partial charge in [0.25, 0.3) is 0 Å². The van der Waals surface area contributed by atoms with Crippen molar-refractivity contribution in [3.05, 3.63) is 85.1 Å². The van der Waals surface area contributed by atoms with E-state index in [1.807, 2.05) is 0 Å². The van der Waals surface area contributed by atoms with Gasteiger partial charge in [0.2, 0.25) is 0 Å². The van der Waals surface area contributed by atoms with E-state index in [1.165, 1.54) is 154 Å². The molecule has 6 heteroatoms. The Morgan fingerprint density at radius 1 is 0.288 bits per heavy atom. The van der Waals surface area contributed by atoms with E-state index in [9.17, 15) is 14.4 Å². The van der Waals surface area contributed by atoms with Crippen molar-refractivity contribution < 1.29 is 28.6 Å². The Morgan fingerprint density at radius 2 is 0.534 bits per heavy atom. The third kappa shape index (κ3) is 59.3. The maximum atomic E-state index is 12.9. The number of rotatable bonds is 56. The maximum Gasteiger partial charge on any atom is 0.306 e. The minimum atomic E-state index is -0.787. The summed E-state index contributed by atoms with van der Waals surface area (Å²) in [6.07, 6.45) is 80.3. The zero-order valence-electron chi connectivity index (χ0n) is 48.1. The van der Waals surface area contributed by atoms with E-state index in [0.717, 1.165) is 109 Å². The number of carbonyl (C=O) groups excluding carboxylic acids is 3. The van der Waals surface area contributed by atoms with Crippen molar-refractivity contribution in [3.8, 4) is 0 Å². The van der Waals surface area contributed by atoms with Gasteiger partial charge in [0.05, 0.1) is 0 Å². The molecule has 0 aromatic heterocycles. The summed E-state index contributed by atoms with van der Waals surface area (Å²) in [5, 5.41) is 0. The van der Waals surface area contributed by atoms with Gasteiger partial charge in [-0.1, -0.05) is 292 Å². The van der Waals surface area contributed by atoms with E-state index in [4.69, 9.17) is 14.2 Å². The zero-order chi connectivity index (χ0) is 52.9. The molecular formula is C67H116O6. The fourth-order valence-electron chi connectivity index (χ4n) is 8.78. The molecule has 0 amide bonds. The third-order valence-corrected chi connectivity index (χ3v) is 13.4. The fourth-order valence-corrected chi connectivity index (χ4v) is 8.78. The summed E-state index contributed by atoms with van der Waals surface area (Å²) in [6.45, 7) is 6.50. The Morgan fingerprint density at radius 3 is 0.836 bits per heavy atom. The highest BCUT2D eigenvalue weighted by atomic mass is 16.6. The summed E-state index contributed by atoms with van der Waals surface area (Å²) in [7, 11) is 0. The first-order valence-electron chi connectivity index (χ1n) is 31.1. The third-order valence-electron chi connectivity index (χ3n) is 13.4. The van der Waals surface area contributed by atoms with Gasteiger partial charge in [-0.2, -0.15) is 0 Å². The Hall–Kier alpha value is -3.41. The molecular weight excluding hydrogens is 901 g/mol. The number of unbranched alkanes of at least 4 members (excludes halogenated alkanes) is 31. The van der Waals surface area contributed by atoms with Gasteiger partial charge in [-0.05, 0) is 77.0 Å². The predicted molar refractivity (Wildman–Crippen MR) is 316 cm³/mol. The molecule has 0 aromatic rings. The lowest BCUT2D eigenvalue weighted by atomic mass is 10.0. The van der Waals surface area contributed by atoms with E-state index in [-0.39, 0.29) is 31.1 Å². The van der Waals surface area contributed by atoms with E-state index >= 15 is 0 Å². The van der Waals surface area contributed by atoms with Crippen LogP contribution in [0.25, 0.3) is 0 Å². The first-order valence-corrected chi connectivity index (χ1v) is 31.1. The van der Waals surface area contributed by atoms with E-state index in [2.05, 4.69) is 106 Å². The van der Waals surface area contributed by atoms with E-state index < -0.39 is 6.10 Å². The van der Waals surface area contributed by atoms with Crippen LogP contribution in [-0.2, 0) is 28.6 Å². The molecule has 0 aromatic carbocycles. The number of allylic oxidation sites excluding steroid dienone is 14. The van der Waals surface area contributed by atoms with Gasteiger partial charge in [-0.3, -0.25) is 14.4 Å². The Balaban J connectivity index is 4.26. The van der Waals surface area contributed by atoms with Crippen molar-refractivity contribution in [1.82, 2.24) is 0 Å². The molecule has 0 aliphatic carbocycles. The Kier molecular flexibility index (Phi) is 58.3. The van der Waals surface area contributed by atoms with Crippen molar-refractivity contribution in [1.29, 1.82) is 0 Å². The second-order valence-corrected chi connectivity index (χ2v) is 20.6. The molecule has 0 heterocycles. The molecule has 0 radical (unpaired) electrons. The Labute approximate surface area is 452 Å². The second kappa shape index (κ2) is 61.1. The van der Waals surface area contributed by atoms with Gasteiger partial charge < -0.3 is 14.2 Å². The molecule has 0 saturated heterocycles. The van der Waals surface area contributed by atoms with Gasteiger partial charge >= 0.3 is 17.9 Å². The molecule has 420 valence electrons. The molecule has 6 nitrogen and oxygen atoms in total. The molecule has 0 aliphatic rings. The van der Waals surface area contributed by atoms with Crippen molar-refractivity contribution >= 4 is 17.9 Å². The molecule has 0 N–H and O–H groups in total. The SMILES string of the molecule is CC/C=C\C/C=C\C/C=C\C/C=C\C/C=C\C/C=C\C/C=C\CCCCCC(=O)OCC(COC(=O)CCCCCCCCCC)OC(=O)CCCCCCCCCCCCCCCCCCCCCCCC. The van der Waals surface area contributed by atoms with Crippen LogP contribution in [0.2, 0.25) is 0 Å². The summed E-state index contributed by atoms with van der Waals surface area (Å²) in [4.78, 5) is 38.1. The van der Waals surface area contributed by atoms with Crippen LogP contribution in [0.4, 0.5) is 0 Å². The normalized spacial score (nSPS) is 12.6. The molecule has 73 heavy (non-hydrogen) atoms. The van der Waals surface area contributed by atoms with Gasteiger partial charge in [-0.25, -0.2) is 0 Å². The zero-order valence-corrected chi connectivity index (χ0v) is 48.1. The van der Waals surface area contributed by atoms with Crippen LogP contribution < -0.4 is 0 Å². The van der Waals surface area contributed by atoms with E-state index in [0.29, 0.717) is 19.3 Å². The predicted octanol–water partition coefficient (Wildman–Crippen LogP) is 21.1. The summed E-state index contributed by atoms with van der Waals surface area (Å²) in [6, 6.07) is 0. The van der Waals surface area contributed by atoms with Crippen molar-refractivity contribution in [2.45, 2.75) is 309 Å². The van der Waals surface area contributed by atoms with Crippen LogP contribution in [0.1, 0.15) is 303 Å². The fraction of sp³-hybridized carbons (Fsp3) is 0.746. The molecule has 0 spiro atoms. The lowest BCUT2D eigenvalue weighted by Gasteiger charge is -2.18. The molecule has 0 bridgehead atoms. The van der Waals surface area contributed by atoms with Crippen LogP contribution in [0, 0.1) is 0 Å². The average Bonchev–Trinajstić information content (AvgIpc) is 3.39. The highest BCUT2D eigenvalue weighted by molar-refractivity contribution is 5.71. The number of hydrogen-bond acceptors (Lipinski definition) is 6. The van der Waals surface area contributed by atoms with Crippen molar-refractivity contribution in [2.75, 3.05) is 13.2 Å². The van der Waals surface area contributed by atoms with Gasteiger partial charge in [0.15, 0.2) is 6.10 Å². The highest BCUT2D eigenvalue weighted by Crippen LogP contribution is 2.17. The minimum Gasteiger partial charge on any atom is -0.462 e. The first-order chi connectivity index (χ1) is 36.0.